The largest absolute Gasteiger partial charge is 0.354 e. The van der Waals surface area contributed by atoms with Gasteiger partial charge in [0.25, 0.3) is 0 Å². The van der Waals surface area contributed by atoms with Gasteiger partial charge in [-0.3, -0.25) is 4.79 Å². The first-order chi connectivity index (χ1) is 9.15. The van der Waals surface area contributed by atoms with Crippen LogP contribution in [0.2, 0.25) is 0 Å². The third-order valence-corrected chi connectivity index (χ3v) is 3.64. The number of aromatic amines is 1. The van der Waals surface area contributed by atoms with Gasteiger partial charge in [0.15, 0.2) is 4.77 Å². The van der Waals surface area contributed by atoms with Gasteiger partial charge in [0, 0.05) is 19.0 Å². The van der Waals surface area contributed by atoms with E-state index in [1.165, 1.54) is 12.1 Å². The summed E-state index contributed by atoms with van der Waals surface area (Å²) in [5.74, 6) is 0.0420. The molecule has 3 rings (SSSR count). The van der Waals surface area contributed by atoms with Gasteiger partial charge in [-0.15, -0.1) is 0 Å². The number of hydrogen-bond acceptors (Lipinski definition) is 2. The van der Waals surface area contributed by atoms with Crippen LogP contribution in [0.4, 0.5) is 4.39 Å². The summed E-state index contributed by atoms with van der Waals surface area (Å²) in [5.41, 5.74) is 1.53. The number of H-pyrrole nitrogens is 1. The number of fused-ring (bicyclic) bond motifs is 1. The quantitative estimate of drug-likeness (QED) is 0.844. The number of benzene rings is 1. The zero-order chi connectivity index (χ0) is 13.4. The Morgan fingerprint density at radius 3 is 3.05 bits per heavy atom. The number of carbonyl (C=O) groups excluding carboxylic acids is 1. The lowest BCUT2D eigenvalue weighted by Gasteiger charge is -2.06. The molecule has 6 heteroatoms. The summed E-state index contributed by atoms with van der Waals surface area (Å²) in [6, 6.07) is 4.52. The van der Waals surface area contributed by atoms with Crippen molar-refractivity contribution in [1.82, 2.24) is 14.9 Å². The lowest BCUT2D eigenvalue weighted by atomic mass is 10.3. The molecule has 0 aliphatic heterocycles. The summed E-state index contributed by atoms with van der Waals surface area (Å²) in [6.07, 6.45) is 2.00. The van der Waals surface area contributed by atoms with Crippen LogP contribution < -0.4 is 5.32 Å². The Morgan fingerprint density at radius 2 is 2.32 bits per heavy atom. The molecule has 19 heavy (non-hydrogen) atoms. The predicted octanol–water partition coefficient (Wildman–Crippen LogP) is 2.36. The second-order valence-electron chi connectivity index (χ2n) is 4.81. The van der Waals surface area contributed by atoms with Gasteiger partial charge in [0.2, 0.25) is 5.91 Å². The molecule has 1 aromatic heterocycles. The Kier molecular flexibility index (Phi) is 3.10. The van der Waals surface area contributed by atoms with Crippen LogP contribution >= 0.6 is 12.2 Å². The van der Waals surface area contributed by atoms with Crippen molar-refractivity contribution in [2.75, 3.05) is 6.54 Å². The molecule has 1 aliphatic rings. The van der Waals surface area contributed by atoms with E-state index in [0.29, 0.717) is 23.4 Å². The van der Waals surface area contributed by atoms with Gasteiger partial charge in [0.05, 0.1) is 11.0 Å². The second kappa shape index (κ2) is 4.77. The molecule has 1 aliphatic carbocycles. The van der Waals surface area contributed by atoms with Gasteiger partial charge in [-0.05, 0) is 43.3 Å². The van der Waals surface area contributed by atoms with Crippen LogP contribution in [0.3, 0.4) is 0 Å². The van der Waals surface area contributed by atoms with E-state index in [1.807, 2.05) is 4.57 Å². The maximum atomic E-state index is 13.1. The maximum absolute atomic E-state index is 13.1. The molecule has 2 aromatic rings. The predicted molar refractivity (Wildman–Crippen MR) is 72.8 cm³/mol. The summed E-state index contributed by atoms with van der Waals surface area (Å²) >= 11 is 5.21. The molecule has 1 amide bonds. The smallest absolute Gasteiger partial charge is 0.223 e. The summed E-state index contributed by atoms with van der Waals surface area (Å²) in [6.45, 7) is 1.12. The van der Waals surface area contributed by atoms with E-state index < -0.39 is 0 Å². The molecule has 0 radical (unpaired) electrons. The number of hydrogen-bond donors (Lipinski definition) is 2. The van der Waals surface area contributed by atoms with Crippen molar-refractivity contribution in [3.63, 3.8) is 0 Å². The van der Waals surface area contributed by atoms with E-state index in [4.69, 9.17) is 12.2 Å². The van der Waals surface area contributed by atoms with Crippen LogP contribution in [-0.2, 0) is 11.3 Å². The van der Waals surface area contributed by atoms with Crippen LogP contribution in [-0.4, -0.2) is 22.0 Å². The van der Waals surface area contributed by atoms with Crippen LogP contribution in [0, 0.1) is 16.5 Å². The molecule has 4 nitrogen and oxygen atoms in total. The highest BCUT2D eigenvalue weighted by molar-refractivity contribution is 7.71. The molecule has 1 fully saturated rings. The third kappa shape index (κ3) is 2.53. The summed E-state index contributed by atoms with van der Waals surface area (Å²) in [4.78, 5) is 14.5. The lowest BCUT2D eigenvalue weighted by molar-refractivity contribution is -0.122. The van der Waals surface area contributed by atoms with E-state index in [-0.39, 0.29) is 17.6 Å². The minimum atomic E-state index is -0.294. The van der Waals surface area contributed by atoms with Crippen LogP contribution in [0.1, 0.15) is 12.8 Å². The van der Waals surface area contributed by atoms with Gasteiger partial charge < -0.3 is 14.9 Å². The van der Waals surface area contributed by atoms with E-state index in [1.54, 1.807) is 6.07 Å². The zero-order valence-corrected chi connectivity index (χ0v) is 11.1. The van der Waals surface area contributed by atoms with Crippen molar-refractivity contribution in [3.05, 3.63) is 28.8 Å². The van der Waals surface area contributed by atoms with Crippen molar-refractivity contribution < 1.29 is 9.18 Å². The Labute approximate surface area is 114 Å². The first-order valence-electron chi connectivity index (χ1n) is 6.31. The van der Waals surface area contributed by atoms with Gasteiger partial charge >= 0.3 is 0 Å². The fraction of sp³-hybridized carbons (Fsp3) is 0.385. The summed E-state index contributed by atoms with van der Waals surface area (Å²) in [5, 5.41) is 2.89. The first-order valence-corrected chi connectivity index (χ1v) is 6.72. The van der Waals surface area contributed by atoms with Crippen LogP contribution in [0.15, 0.2) is 18.2 Å². The molecule has 0 unspecified atom stereocenters. The van der Waals surface area contributed by atoms with Crippen molar-refractivity contribution in [2.45, 2.75) is 19.4 Å². The summed E-state index contributed by atoms with van der Waals surface area (Å²) < 4.78 is 15.5. The van der Waals surface area contributed by atoms with Gasteiger partial charge in [-0.1, -0.05) is 0 Å². The minimum Gasteiger partial charge on any atom is -0.354 e. The SMILES string of the molecule is O=C(NCCn1c(=S)[nH]c2cc(F)ccc21)C1CC1. The highest BCUT2D eigenvalue weighted by Crippen LogP contribution is 2.28. The van der Waals surface area contributed by atoms with E-state index in [9.17, 15) is 9.18 Å². The highest BCUT2D eigenvalue weighted by Gasteiger charge is 2.29. The Balaban J connectivity index is 1.74. The molecular weight excluding hydrogens is 265 g/mol. The molecule has 100 valence electrons. The average molecular weight is 279 g/mol. The van der Waals surface area contributed by atoms with E-state index in [2.05, 4.69) is 10.3 Å². The van der Waals surface area contributed by atoms with Crippen LogP contribution in [0.5, 0.6) is 0 Å². The molecule has 2 N–H and O–H groups in total. The number of halogens is 1. The average Bonchev–Trinajstić information content (AvgIpc) is 3.16. The fourth-order valence-corrected chi connectivity index (χ4v) is 2.44. The topological polar surface area (TPSA) is 49.8 Å². The van der Waals surface area contributed by atoms with Gasteiger partial charge in [-0.2, -0.15) is 0 Å². The molecule has 0 atom stereocenters. The molecule has 0 spiro atoms. The lowest BCUT2D eigenvalue weighted by Crippen LogP contribution is -2.28. The number of carbonyl (C=O) groups is 1. The number of aromatic nitrogens is 2. The number of rotatable bonds is 4. The molecule has 1 aromatic carbocycles. The van der Waals surface area contributed by atoms with Crippen molar-refractivity contribution in [2.24, 2.45) is 5.92 Å². The minimum absolute atomic E-state index is 0.123. The number of nitrogens with zero attached hydrogens (tertiary/aromatic N) is 1. The van der Waals surface area contributed by atoms with Crippen molar-refractivity contribution in [1.29, 1.82) is 0 Å². The van der Waals surface area contributed by atoms with E-state index >= 15 is 0 Å². The Hall–Kier alpha value is -1.69. The van der Waals surface area contributed by atoms with Crippen molar-refractivity contribution >= 4 is 29.2 Å². The highest BCUT2D eigenvalue weighted by atomic mass is 32.1. The molecule has 1 heterocycles. The fourth-order valence-electron chi connectivity index (χ4n) is 2.14. The second-order valence-corrected chi connectivity index (χ2v) is 5.20. The standard InChI is InChI=1S/C13H14FN3OS/c14-9-3-4-11-10(7-9)16-13(19)17(11)6-5-15-12(18)8-1-2-8/h3-4,7-8H,1-2,5-6H2,(H,15,18)(H,16,19). The third-order valence-electron chi connectivity index (χ3n) is 3.32. The number of imidazole rings is 1. The van der Waals surface area contributed by atoms with E-state index in [0.717, 1.165) is 18.4 Å². The van der Waals surface area contributed by atoms with Crippen LogP contribution in [0.25, 0.3) is 11.0 Å². The molecular formula is C13H14FN3OS. The number of amides is 1. The summed E-state index contributed by atoms with van der Waals surface area (Å²) in [7, 11) is 0. The maximum Gasteiger partial charge on any atom is 0.223 e. The number of nitrogens with one attached hydrogen (secondary N) is 2. The zero-order valence-electron chi connectivity index (χ0n) is 10.3. The van der Waals surface area contributed by atoms with Gasteiger partial charge in [-0.25, -0.2) is 4.39 Å². The Bertz CT molecular complexity index is 687. The molecule has 0 bridgehead atoms. The normalized spacial score (nSPS) is 14.8. The van der Waals surface area contributed by atoms with Crippen molar-refractivity contribution in [3.8, 4) is 0 Å². The molecule has 0 saturated heterocycles. The first kappa shape index (κ1) is 12.3. The Morgan fingerprint density at radius 1 is 1.53 bits per heavy atom. The molecule has 1 saturated carbocycles. The monoisotopic (exact) mass is 279 g/mol. The van der Waals surface area contributed by atoms with Gasteiger partial charge in [0.1, 0.15) is 5.82 Å².